The molecule has 1 aromatic carbocycles. The van der Waals surface area contributed by atoms with Gasteiger partial charge < -0.3 is 4.57 Å². The summed E-state index contributed by atoms with van der Waals surface area (Å²) in [5.41, 5.74) is 1.92. The van der Waals surface area contributed by atoms with Crippen molar-refractivity contribution in [2.45, 2.75) is 6.43 Å². The molecule has 0 radical (unpaired) electrons. The Morgan fingerprint density at radius 2 is 2.05 bits per heavy atom. The van der Waals surface area contributed by atoms with E-state index in [2.05, 4.69) is 16.3 Å². The second kappa shape index (κ2) is 4.94. The number of hydrogen-bond donors (Lipinski definition) is 0. The van der Waals surface area contributed by atoms with Crippen LogP contribution in [0.1, 0.15) is 17.7 Å². The van der Waals surface area contributed by atoms with E-state index in [1.54, 1.807) is 11.6 Å². The van der Waals surface area contributed by atoms with Crippen LogP contribution < -0.4 is 0 Å². The summed E-state index contributed by atoms with van der Waals surface area (Å²) in [6, 6.07) is 10.8. The highest BCUT2D eigenvalue weighted by Gasteiger charge is 2.18. The van der Waals surface area contributed by atoms with Gasteiger partial charge in [-0.25, -0.2) is 8.78 Å². The van der Waals surface area contributed by atoms with E-state index < -0.39 is 12.1 Å². The summed E-state index contributed by atoms with van der Waals surface area (Å²) >= 11 is 0. The predicted octanol–water partition coefficient (Wildman–Crippen LogP) is 3.44. The summed E-state index contributed by atoms with van der Waals surface area (Å²) in [6.45, 7) is 0. The third-order valence-electron chi connectivity index (χ3n) is 3.39. The fraction of sp³-hybridized carbons (Fsp3) is 0.133. The van der Waals surface area contributed by atoms with Crippen LogP contribution in [0.15, 0.2) is 36.5 Å². The first-order valence-corrected chi connectivity index (χ1v) is 6.22. The molecule has 3 aromatic rings. The van der Waals surface area contributed by atoms with Crippen LogP contribution in [0.25, 0.3) is 22.2 Å². The summed E-state index contributed by atoms with van der Waals surface area (Å²) in [4.78, 5) is 0. The third-order valence-corrected chi connectivity index (χ3v) is 3.39. The topological polar surface area (TPSA) is 54.5 Å². The second-order valence-electron chi connectivity index (χ2n) is 4.58. The first kappa shape index (κ1) is 13.2. The van der Waals surface area contributed by atoms with Crippen LogP contribution >= 0.6 is 0 Å². The molecule has 2 aromatic heterocycles. The van der Waals surface area contributed by atoms with Gasteiger partial charge in [-0.3, -0.25) is 0 Å². The van der Waals surface area contributed by atoms with Crippen LogP contribution in [0, 0.1) is 11.3 Å². The van der Waals surface area contributed by atoms with E-state index in [1.165, 1.54) is 12.3 Å². The Hall–Kier alpha value is -2.81. The third kappa shape index (κ3) is 2.03. The van der Waals surface area contributed by atoms with Crippen molar-refractivity contribution in [1.82, 2.24) is 14.8 Å². The highest BCUT2D eigenvalue weighted by atomic mass is 19.3. The fourth-order valence-electron chi connectivity index (χ4n) is 2.46. The van der Waals surface area contributed by atoms with Gasteiger partial charge in [-0.2, -0.15) is 10.4 Å². The van der Waals surface area contributed by atoms with Crippen LogP contribution in [-0.4, -0.2) is 14.8 Å². The maximum absolute atomic E-state index is 12.8. The van der Waals surface area contributed by atoms with Gasteiger partial charge >= 0.3 is 0 Å². The zero-order valence-electron chi connectivity index (χ0n) is 11.1. The van der Waals surface area contributed by atoms with Crippen molar-refractivity contribution < 1.29 is 8.78 Å². The van der Waals surface area contributed by atoms with Crippen molar-refractivity contribution in [3.05, 3.63) is 47.8 Å². The standard InChI is InChI=1S/C15H10F2N4/c1-21-13-5-3-2-4-10(13)11(7-18)14(21)9-6-12(15(16)17)20-19-8-9/h2-6,8,15H,1H3. The smallest absolute Gasteiger partial charge is 0.282 e. The summed E-state index contributed by atoms with van der Waals surface area (Å²) in [6.07, 6.45) is -1.31. The molecule has 4 nitrogen and oxygen atoms in total. The number of aryl methyl sites for hydroxylation is 1. The van der Waals surface area contributed by atoms with Crippen LogP contribution in [0.2, 0.25) is 0 Å². The molecular weight excluding hydrogens is 274 g/mol. The van der Waals surface area contributed by atoms with E-state index >= 15 is 0 Å². The van der Waals surface area contributed by atoms with Crippen molar-refractivity contribution in [3.8, 4) is 17.3 Å². The number of rotatable bonds is 2. The van der Waals surface area contributed by atoms with E-state index in [0.29, 0.717) is 16.8 Å². The van der Waals surface area contributed by atoms with E-state index in [0.717, 1.165) is 10.9 Å². The Bertz CT molecular complexity index is 862. The maximum atomic E-state index is 12.8. The molecule has 21 heavy (non-hydrogen) atoms. The van der Waals surface area contributed by atoms with Gasteiger partial charge in [0.25, 0.3) is 6.43 Å². The van der Waals surface area contributed by atoms with Gasteiger partial charge in [0.2, 0.25) is 0 Å². The molecule has 0 N–H and O–H groups in total. The largest absolute Gasteiger partial charge is 0.342 e. The minimum atomic E-state index is -2.70. The molecule has 0 saturated heterocycles. The Morgan fingerprint density at radius 1 is 1.29 bits per heavy atom. The molecule has 0 saturated carbocycles. The van der Waals surface area contributed by atoms with E-state index in [1.807, 2.05) is 24.3 Å². The molecule has 104 valence electrons. The Balaban J connectivity index is 2.33. The van der Waals surface area contributed by atoms with Gasteiger partial charge in [0.15, 0.2) is 0 Å². The van der Waals surface area contributed by atoms with Crippen molar-refractivity contribution in [1.29, 1.82) is 5.26 Å². The minimum Gasteiger partial charge on any atom is -0.342 e. The van der Waals surface area contributed by atoms with E-state index in [4.69, 9.17) is 0 Å². The molecule has 0 aliphatic carbocycles. The zero-order valence-corrected chi connectivity index (χ0v) is 11.1. The van der Waals surface area contributed by atoms with Crippen LogP contribution in [0.4, 0.5) is 8.78 Å². The van der Waals surface area contributed by atoms with E-state index in [-0.39, 0.29) is 0 Å². The molecule has 0 amide bonds. The molecule has 0 fully saturated rings. The molecule has 0 aliphatic heterocycles. The molecule has 3 rings (SSSR count). The lowest BCUT2D eigenvalue weighted by Gasteiger charge is -2.06. The lowest BCUT2D eigenvalue weighted by Crippen LogP contribution is -1.98. The Morgan fingerprint density at radius 3 is 2.76 bits per heavy atom. The van der Waals surface area contributed by atoms with Crippen molar-refractivity contribution in [3.63, 3.8) is 0 Å². The molecule has 0 spiro atoms. The van der Waals surface area contributed by atoms with Gasteiger partial charge in [-0.15, -0.1) is 5.10 Å². The molecule has 0 bridgehead atoms. The van der Waals surface area contributed by atoms with Crippen molar-refractivity contribution in [2.75, 3.05) is 0 Å². The normalized spacial score (nSPS) is 11.0. The van der Waals surface area contributed by atoms with Crippen LogP contribution in [-0.2, 0) is 7.05 Å². The lowest BCUT2D eigenvalue weighted by atomic mass is 10.1. The average molecular weight is 284 g/mol. The molecule has 0 aliphatic rings. The predicted molar refractivity (Wildman–Crippen MR) is 73.6 cm³/mol. The van der Waals surface area contributed by atoms with Crippen LogP contribution in [0.5, 0.6) is 0 Å². The van der Waals surface area contributed by atoms with Gasteiger partial charge in [-0.05, 0) is 12.1 Å². The number of aromatic nitrogens is 3. The Kier molecular flexibility index (Phi) is 3.10. The second-order valence-corrected chi connectivity index (χ2v) is 4.58. The first-order valence-electron chi connectivity index (χ1n) is 6.22. The highest BCUT2D eigenvalue weighted by molar-refractivity contribution is 5.94. The number of alkyl halides is 2. The van der Waals surface area contributed by atoms with Gasteiger partial charge in [0.1, 0.15) is 11.8 Å². The van der Waals surface area contributed by atoms with Crippen molar-refractivity contribution in [2.24, 2.45) is 7.05 Å². The van der Waals surface area contributed by atoms with Gasteiger partial charge in [0.05, 0.1) is 17.5 Å². The summed E-state index contributed by atoms with van der Waals surface area (Å²) < 4.78 is 27.4. The quantitative estimate of drug-likeness (QED) is 0.724. The van der Waals surface area contributed by atoms with E-state index in [9.17, 15) is 14.0 Å². The maximum Gasteiger partial charge on any atom is 0.282 e. The first-order chi connectivity index (χ1) is 10.1. The monoisotopic (exact) mass is 284 g/mol. The number of hydrogen-bond acceptors (Lipinski definition) is 3. The summed E-state index contributed by atoms with van der Waals surface area (Å²) in [7, 11) is 1.79. The summed E-state index contributed by atoms with van der Waals surface area (Å²) in [5.74, 6) is 0. The van der Waals surface area contributed by atoms with Gasteiger partial charge in [0, 0.05) is 23.5 Å². The molecule has 0 atom stereocenters. The average Bonchev–Trinajstić information content (AvgIpc) is 2.80. The fourth-order valence-corrected chi connectivity index (χ4v) is 2.46. The number of nitrogens with zero attached hydrogens (tertiary/aromatic N) is 4. The Labute approximate surface area is 119 Å². The minimum absolute atomic E-state index is 0.401. The number of nitriles is 1. The highest BCUT2D eigenvalue weighted by Crippen LogP contribution is 2.33. The zero-order chi connectivity index (χ0) is 15.0. The number of fused-ring (bicyclic) bond motifs is 1. The molecule has 6 heteroatoms. The number of para-hydroxylation sites is 1. The molecule has 0 unspecified atom stereocenters. The molecular formula is C15H10F2N4. The number of halogens is 2. The SMILES string of the molecule is Cn1c(-c2cnnc(C(F)F)c2)c(C#N)c2ccccc21. The lowest BCUT2D eigenvalue weighted by molar-refractivity contribution is 0.145. The number of benzene rings is 1. The van der Waals surface area contributed by atoms with Crippen LogP contribution in [0.3, 0.4) is 0 Å². The van der Waals surface area contributed by atoms with Crippen molar-refractivity contribution >= 4 is 10.9 Å². The van der Waals surface area contributed by atoms with Gasteiger partial charge in [-0.1, -0.05) is 18.2 Å². The molecule has 2 heterocycles. The summed E-state index contributed by atoms with van der Waals surface area (Å²) in [5, 5.41) is 17.2.